The molecule has 0 N–H and O–H groups in total. The molecule has 0 spiro atoms. The van der Waals surface area contributed by atoms with Crippen LogP contribution < -0.4 is 0 Å². The Morgan fingerprint density at radius 3 is 2.38 bits per heavy atom. The largest absolute Gasteiger partial charge is 0.226 e. The fourth-order valence-electron chi connectivity index (χ4n) is 1.62. The van der Waals surface area contributed by atoms with E-state index in [-0.39, 0.29) is 5.54 Å². The summed E-state index contributed by atoms with van der Waals surface area (Å²) in [6.07, 6.45) is 8.41. The zero-order valence-corrected chi connectivity index (χ0v) is 7.91. The molecule has 2 aliphatic rings. The lowest BCUT2D eigenvalue weighted by Crippen LogP contribution is -2.19. The molecule has 0 radical (unpaired) electrons. The van der Waals surface area contributed by atoms with Gasteiger partial charge in [0.05, 0.1) is 6.01 Å². The number of hydrogen-bond acceptors (Lipinski definition) is 2. The average Bonchev–Trinajstić information content (AvgIpc) is 2.61. The van der Waals surface area contributed by atoms with Crippen LogP contribution in [0.25, 0.3) is 0 Å². The van der Waals surface area contributed by atoms with E-state index in [2.05, 4.69) is 47.2 Å². The number of allylic oxidation sites excluding steroid dienone is 2. The fourth-order valence-corrected chi connectivity index (χ4v) is 1.62. The lowest BCUT2D eigenvalue weighted by atomic mass is 9.96. The van der Waals surface area contributed by atoms with Gasteiger partial charge in [0, 0.05) is 6.54 Å². The molecule has 66 valence electrons. The van der Waals surface area contributed by atoms with Crippen molar-refractivity contribution in [3.63, 3.8) is 0 Å². The van der Waals surface area contributed by atoms with Crippen molar-refractivity contribution in [2.24, 2.45) is 9.98 Å². The summed E-state index contributed by atoms with van der Waals surface area (Å²) in [5.74, 6) is 0. The molecule has 0 unspecified atom stereocenters. The second-order valence-electron chi connectivity index (χ2n) is 3.34. The highest BCUT2D eigenvalue weighted by Gasteiger charge is 2.36. The van der Waals surface area contributed by atoms with Gasteiger partial charge in [-0.25, -0.2) is 9.98 Å². The van der Waals surface area contributed by atoms with Crippen LogP contribution in [0.1, 0.15) is 13.8 Å². The molecule has 0 saturated heterocycles. The van der Waals surface area contributed by atoms with Gasteiger partial charge in [0.2, 0.25) is 0 Å². The maximum Gasteiger partial charge on any atom is 0.119 e. The first-order valence-corrected chi connectivity index (χ1v) is 4.52. The molecule has 0 aromatic rings. The van der Waals surface area contributed by atoms with Gasteiger partial charge < -0.3 is 0 Å². The second kappa shape index (κ2) is 2.82. The first-order chi connectivity index (χ1) is 6.27. The number of rotatable bonds is 2. The molecule has 0 aliphatic heterocycles. The third-order valence-electron chi connectivity index (χ3n) is 2.51. The van der Waals surface area contributed by atoms with Gasteiger partial charge in [0.15, 0.2) is 0 Å². The van der Waals surface area contributed by atoms with Crippen LogP contribution in [0, 0.1) is 0 Å². The highest BCUT2D eigenvalue weighted by Crippen LogP contribution is 2.41. The van der Waals surface area contributed by atoms with E-state index in [4.69, 9.17) is 0 Å². The summed E-state index contributed by atoms with van der Waals surface area (Å²) >= 11 is 0. The van der Waals surface area contributed by atoms with Crippen molar-refractivity contribution in [1.82, 2.24) is 0 Å². The van der Waals surface area contributed by atoms with E-state index >= 15 is 0 Å². The Balaban J connectivity index is 2.31. The quantitative estimate of drug-likeness (QED) is 0.571. The van der Waals surface area contributed by atoms with Crippen molar-refractivity contribution in [1.29, 1.82) is 0 Å². The lowest BCUT2D eigenvalue weighted by molar-refractivity contribution is 0.709. The fraction of sp³-hybridized carbons (Fsp3) is 0.364. The molecule has 0 aromatic heterocycles. The van der Waals surface area contributed by atoms with Gasteiger partial charge in [-0.2, -0.15) is 0 Å². The van der Waals surface area contributed by atoms with Crippen LogP contribution in [0.15, 0.2) is 45.4 Å². The van der Waals surface area contributed by atoms with Gasteiger partial charge in [-0.1, -0.05) is 24.3 Å². The number of nitrogens with zero attached hydrogens (tertiary/aromatic N) is 2. The van der Waals surface area contributed by atoms with Crippen LogP contribution in [0.3, 0.4) is 0 Å². The molecule has 0 aromatic carbocycles. The number of hydrogen-bond donors (Lipinski definition) is 0. The molecule has 0 amide bonds. The Hall–Kier alpha value is -1.40. The normalized spacial score (nSPS) is 20.8. The van der Waals surface area contributed by atoms with Crippen molar-refractivity contribution in [3.05, 3.63) is 35.5 Å². The monoisotopic (exact) mass is 172 g/mol. The van der Waals surface area contributed by atoms with Crippen molar-refractivity contribution in [2.45, 2.75) is 19.4 Å². The van der Waals surface area contributed by atoms with Gasteiger partial charge in [-0.3, -0.25) is 0 Å². The minimum absolute atomic E-state index is 0.196. The maximum absolute atomic E-state index is 4.35. The van der Waals surface area contributed by atoms with Crippen LogP contribution in [-0.2, 0) is 0 Å². The molecule has 13 heavy (non-hydrogen) atoms. The third-order valence-corrected chi connectivity index (χ3v) is 2.51. The Morgan fingerprint density at radius 2 is 1.92 bits per heavy atom. The summed E-state index contributed by atoms with van der Waals surface area (Å²) in [5.41, 5.74) is 2.28. The van der Waals surface area contributed by atoms with E-state index in [9.17, 15) is 0 Å². The van der Waals surface area contributed by atoms with Crippen LogP contribution in [0.5, 0.6) is 0 Å². The molecule has 2 heteroatoms. The predicted molar refractivity (Wildman–Crippen MR) is 54.1 cm³/mol. The van der Waals surface area contributed by atoms with E-state index in [0.29, 0.717) is 0 Å². The van der Waals surface area contributed by atoms with E-state index in [1.165, 1.54) is 11.1 Å². The molecule has 2 nitrogen and oxygen atoms in total. The highest BCUT2D eigenvalue weighted by atomic mass is 14.9. The number of aliphatic imine (C=N–C) groups is 2. The summed E-state index contributed by atoms with van der Waals surface area (Å²) in [5, 5.41) is 0. The molecule has 0 heterocycles. The molecular weight excluding hydrogens is 160 g/mol. The Kier molecular flexibility index (Phi) is 1.78. The zero-order valence-electron chi connectivity index (χ0n) is 7.91. The van der Waals surface area contributed by atoms with E-state index in [1.54, 1.807) is 0 Å². The molecular formula is C11H12N2. The van der Waals surface area contributed by atoms with E-state index in [1.807, 2.05) is 6.92 Å². The minimum Gasteiger partial charge on any atom is -0.226 e. The Morgan fingerprint density at radius 1 is 1.31 bits per heavy atom. The molecule has 0 saturated carbocycles. The molecule has 2 rings (SSSR count). The minimum atomic E-state index is -0.196. The smallest absolute Gasteiger partial charge is 0.119 e. The van der Waals surface area contributed by atoms with Crippen molar-refractivity contribution in [3.8, 4) is 0 Å². The van der Waals surface area contributed by atoms with Crippen molar-refractivity contribution < 1.29 is 0 Å². The van der Waals surface area contributed by atoms with Gasteiger partial charge >= 0.3 is 0 Å². The van der Waals surface area contributed by atoms with Gasteiger partial charge in [-0.15, -0.1) is 0 Å². The van der Waals surface area contributed by atoms with Crippen LogP contribution in [-0.4, -0.2) is 18.1 Å². The lowest BCUT2D eigenvalue weighted by Gasteiger charge is -2.16. The highest BCUT2D eigenvalue weighted by molar-refractivity contribution is 5.63. The van der Waals surface area contributed by atoms with Crippen LogP contribution >= 0.6 is 0 Å². The first kappa shape index (κ1) is 8.21. The standard InChI is InChI=1S/C11H12N2/c1-3-12-8-13-11(2)9-4-5-10(11)7-6-9/h4-7H,3H2,1-2H3. The topological polar surface area (TPSA) is 24.7 Å². The Bertz CT molecular complexity index is 355. The Labute approximate surface area is 78.1 Å². The summed E-state index contributed by atoms with van der Waals surface area (Å²) < 4.78 is 0. The van der Waals surface area contributed by atoms with Crippen molar-refractivity contribution in [2.75, 3.05) is 6.54 Å². The van der Waals surface area contributed by atoms with Crippen LogP contribution in [0.2, 0.25) is 0 Å². The predicted octanol–water partition coefficient (Wildman–Crippen LogP) is 2.38. The second-order valence-corrected chi connectivity index (χ2v) is 3.34. The molecule has 0 atom stereocenters. The molecule has 2 aliphatic carbocycles. The zero-order chi connectivity index (χ0) is 9.31. The molecule has 0 fully saturated rings. The summed E-state index contributed by atoms with van der Waals surface area (Å²) in [4.78, 5) is 8.33. The first-order valence-electron chi connectivity index (χ1n) is 4.52. The molecule has 2 bridgehead atoms. The van der Waals surface area contributed by atoms with Crippen LogP contribution in [0.4, 0.5) is 0 Å². The van der Waals surface area contributed by atoms with E-state index in [0.717, 1.165) is 6.54 Å². The average molecular weight is 172 g/mol. The summed E-state index contributed by atoms with van der Waals surface area (Å²) in [6, 6.07) is 2.75. The van der Waals surface area contributed by atoms with Gasteiger partial charge in [-0.05, 0) is 25.0 Å². The summed E-state index contributed by atoms with van der Waals surface area (Å²) in [7, 11) is 0. The van der Waals surface area contributed by atoms with E-state index < -0.39 is 0 Å². The maximum atomic E-state index is 4.35. The summed E-state index contributed by atoms with van der Waals surface area (Å²) in [6.45, 7) is 4.81. The third kappa shape index (κ3) is 1.11. The SMILES string of the molecule is CCN=C=NC1(C)C2=CC=C1C=C2. The van der Waals surface area contributed by atoms with Gasteiger partial charge in [0.1, 0.15) is 5.54 Å². The number of fused-ring (bicyclic) bond motifs is 2. The van der Waals surface area contributed by atoms with Gasteiger partial charge in [0.25, 0.3) is 0 Å². The van der Waals surface area contributed by atoms with Crippen molar-refractivity contribution >= 4 is 6.01 Å².